The Morgan fingerprint density at radius 3 is 2.44 bits per heavy atom. The van der Waals surface area contributed by atoms with Crippen LogP contribution in [0.15, 0.2) is 54.1 Å². The van der Waals surface area contributed by atoms with Crippen molar-refractivity contribution in [3.05, 3.63) is 65.4 Å². The second kappa shape index (κ2) is 11.2. The number of Topliss-reactive ketones (excluding diaryl/α,β-unsaturated/α-hetero) is 1. The largest absolute Gasteiger partial charge is 0.378 e. The molecule has 4 heterocycles. The lowest BCUT2D eigenvalue weighted by Crippen LogP contribution is -2.51. The first-order valence-electron chi connectivity index (χ1n) is 13.6. The van der Waals surface area contributed by atoms with Gasteiger partial charge in [-0.2, -0.15) is 0 Å². The van der Waals surface area contributed by atoms with Gasteiger partial charge in [-0.05, 0) is 49.7 Å². The number of benzene rings is 1. The molecule has 3 fully saturated rings. The molecule has 1 atom stereocenters. The maximum atomic E-state index is 13.9. The molecular weight excluding hydrogens is 448 g/mol. The van der Waals surface area contributed by atoms with Crippen LogP contribution in [-0.2, 0) is 9.53 Å². The Morgan fingerprint density at radius 1 is 0.944 bits per heavy atom. The minimum absolute atomic E-state index is 0.0645. The summed E-state index contributed by atoms with van der Waals surface area (Å²) in [4.78, 5) is 26.3. The Bertz CT molecular complexity index is 1060. The summed E-state index contributed by atoms with van der Waals surface area (Å²) >= 11 is 0. The second-order valence-electron chi connectivity index (χ2n) is 11.0. The summed E-state index contributed by atoms with van der Waals surface area (Å²) in [5.74, 6) is 1.18. The Hall–Kier alpha value is -2.54. The van der Waals surface area contributed by atoms with Crippen LogP contribution in [0.3, 0.4) is 0 Å². The van der Waals surface area contributed by atoms with Crippen LogP contribution in [0, 0.1) is 5.41 Å². The predicted molar refractivity (Wildman–Crippen MR) is 145 cm³/mol. The molecule has 192 valence electrons. The lowest BCUT2D eigenvalue weighted by molar-refractivity contribution is -0.128. The summed E-state index contributed by atoms with van der Waals surface area (Å²) in [7, 11) is 0. The van der Waals surface area contributed by atoms with Crippen LogP contribution < -0.4 is 4.90 Å². The third-order valence-electron chi connectivity index (χ3n) is 7.80. The number of carbonyl (C=O) groups excluding carboxylic acids is 1. The molecule has 0 radical (unpaired) electrons. The van der Waals surface area contributed by atoms with Gasteiger partial charge in [0.2, 0.25) is 0 Å². The quantitative estimate of drug-likeness (QED) is 0.561. The first-order chi connectivity index (χ1) is 17.5. The van der Waals surface area contributed by atoms with E-state index in [1.165, 1.54) is 37.9 Å². The average molecular weight is 489 g/mol. The molecule has 0 aliphatic carbocycles. The molecule has 36 heavy (non-hydrogen) atoms. The van der Waals surface area contributed by atoms with Gasteiger partial charge in [0, 0.05) is 43.7 Å². The van der Waals surface area contributed by atoms with Crippen molar-refractivity contribution in [2.24, 2.45) is 5.41 Å². The van der Waals surface area contributed by atoms with Gasteiger partial charge in [0.05, 0.1) is 24.9 Å². The fourth-order valence-electron chi connectivity index (χ4n) is 5.86. The SMILES string of the molecule is CC1(C)CN(CCN2CCCCC2)C(c2ccccc2)/C(=C/c2cccc(N3CCOCC3)n2)C1=O. The van der Waals surface area contributed by atoms with Crippen molar-refractivity contribution < 1.29 is 9.53 Å². The van der Waals surface area contributed by atoms with Gasteiger partial charge in [0.15, 0.2) is 5.78 Å². The number of ether oxygens (including phenoxy) is 1. The van der Waals surface area contributed by atoms with Crippen LogP contribution in [0.25, 0.3) is 6.08 Å². The number of hydrogen-bond acceptors (Lipinski definition) is 6. The fraction of sp³-hybridized carbons (Fsp3) is 0.533. The van der Waals surface area contributed by atoms with Crippen molar-refractivity contribution >= 4 is 17.7 Å². The smallest absolute Gasteiger partial charge is 0.167 e. The summed E-state index contributed by atoms with van der Waals surface area (Å²) in [6.45, 7) is 12.5. The van der Waals surface area contributed by atoms with Crippen LogP contribution in [0.4, 0.5) is 5.82 Å². The number of aromatic nitrogens is 1. The van der Waals surface area contributed by atoms with Crippen LogP contribution >= 0.6 is 0 Å². The number of nitrogens with zero attached hydrogens (tertiary/aromatic N) is 4. The van der Waals surface area contributed by atoms with E-state index in [-0.39, 0.29) is 11.8 Å². The molecule has 6 nitrogen and oxygen atoms in total. The molecule has 1 aromatic carbocycles. The lowest BCUT2D eigenvalue weighted by atomic mass is 9.74. The fourth-order valence-corrected chi connectivity index (χ4v) is 5.86. The van der Waals surface area contributed by atoms with Gasteiger partial charge in [-0.25, -0.2) is 4.98 Å². The summed E-state index contributed by atoms with van der Waals surface area (Å²) in [6, 6.07) is 16.6. The van der Waals surface area contributed by atoms with Crippen molar-refractivity contribution in [1.82, 2.24) is 14.8 Å². The van der Waals surface area contributed by atoms with E-state index in [1.807, 2.05) is 18.2 Å². The number of likely N-dealkylation sites (tertiary alicyclic amines) is 2. The van der Waals surface area contributed by atoms with Gasteiger partial charge in [-0.3, -0.25) is 9.69 Å². The van der Waals surface area contributed by atoms with Gasteiger partial charge in [-0.1, -0.05) is 56.7 Å². The maximum Gasteiger partial charge on any atom is 0.167 e. The van der Waals surface area contributed by atoms with Gasteiger partial charge in [0.25, 0.3) is 0 Å². The number of carbonyl (C=O) groups is 1. The number of anilines is 1. The summed E-state index contributed by atoms with van der Waals surface area (Å²) in [6.07, 6.45) is 5.99. The monoisotopic (exact) mass is 488 g/mol. The average Bonchev–Trinajstić information content (AvgIpc) is 2.92. The van der Waals surface area contributed by atoms with Gasteiger partial charge in [0.1, 0.15) is 5.82 Å². The number of piperidine rings is 2. The highest BCUT2D eigenvalue weighted by molar-refractivity contribution is 6.05. The van der Waals surface area contributed by atoms with Crippen LogP contribution in [-0.4, -0.2) is 79.6 Å². The van der Waals surface area contributed by atoms with E-state index in [1.54, 1.807) is 0 Å². The molecular formula is C30H40N4O2. The van der Waals surface area contributed by atoms with Gasteiger partial charge < -0.3 is 14.5 Å². The van der Waals surface area contributed by atoms with Crippen LogP contribution in [0.1, 0.15) is 50.4 Å². The Labute approximate surface area is 215 Å². The van der Waals surface area contributed by atoms with E-state index in [4.69, 9.17) is 9.72 Å². The highest BCUT2D eigenvalue weighted by Crippen LogP contribution is 2.41. The first kappa shape index (κ1) is 25.1. The van der Waals surface area contributed by atoms with Crippen molar-refractivity contribution in [2.75, 3.05) is 63.9 Å². The minimum Gasteiger partial charge on any atom is -0.378 e. The van der Waals surface area contributed by atoms with E-state index >= 15 is 0 Å². The van der Waals surface area contributed by atoms with Crippen molar-refractivity contribution in [2.45, 2.75) is 39.2 Å². The Balaban J connectivity index is 1.49. The Kier molecular flexibility index (Phi) is 7.85. The molecule has 3 aliphatic rings. The number of rotatable bonds is 6. The summed E-state index contributed by atoms with van der Waals surface area (Å²) < 4.78 is 5.52. The second-order valence-corrected chi connectivity index (χ2v) is 11.0. The Morgan fingerprint density at radius 2 is 1.69 bits per heavy atom. The molecule has 2 aromatic rings. The zero-order chi connectivity index (χ0) is 25.0. The third-order valence-corrected chi connectivity index (χ3v) is 7.80. The standard InChI is InChI=1S/C30H40N4O2/c1-30(2)23-34(17-16-32-14-7-4-8-15-32)28(24-10-5-3-6-11-24)26(29(30)35)22-25-12-9-13-27(31-25)33-18-20-36-21-19-33/h3,5-6,9-13,22,28H,4,7-8,14-21,23H2,1-2H3/b26-22-. The number of pyridine rings is 1. The molecule has 0 N–H and O–H groups in total. The summed E-state index contributed by atoms with van der Waals surface area (Å²) in [5.41, 5.74) is 2.43. The number of hydrogen-bond donors (Lipinski definition) is 0. The molecule has 3 aliphatic heterocycles. The molecule has 0 spiro atoms. The first-order valence-corrected chi connectivity index (χ1v) is 13.6. The third kappa shape index (κ3) is 5.72. The highest BCUT2D eigenvalue weighted by atomic mass is 16.5. The maximum absolute atomic E-state index is 13.9. The van der Waals surface area contributed by atoms with Crippen LogP contribution in [0.2, 0.25) is 0 Å². The van der Waals surface area contributed by atoms with E-state index in [2.05, 4.69) is 65.0 Å². The molecule has 3 saturated heterocycles. The minimum atomic E-state index is -0.444. The molecule has 1 unspecified atom stereocenters. The zero-order valence-corrected chi connectivity index (χ0v) is 21.9. The van der Waals surface area contributed by atoms with Gasteiger partial charge >= 0.3 is 0 Å². The van der Waals surface area contributed by atoms with E-state index in [0.29, 0.717) is 0 Å². The van der Waals surface area contributed by atoms with Crippen LogP contribution in [0.5, 0.6) is 0 Å². The number of morpholine rings is 1. The predicted octanol–water partition coefficient (Wildman–Crippen LogP) is 4.44. The number of ketones is 1. The highest BCUT2D eigenvalue weighted by Gasteiger charge is 2.43. The molecule has 1 aromatic heterocycles. The topological polar surface area (TPSA) is 48.9 Å². The molecule has 0 amide bonds. The molecule has 5 rings (SSSR count). The van der Waals surface area contributed by atoms with Crippen molar-refractivity contribution in [3.8, 4) is 0 Å². The summed E-state index contributed by atoms with van der Waals surface area (Å²) in [5, 5.41) is 0. The van der Waals surface area contributed by atoms with Crippen molar-refractivity contribution in [3.63, 3.8) is 0 Å². The lowest BCUT2D eigenvalue weighted by Gasteiger charge is -2.45. The van der Waals surface area contributed by atoms with E-state index < -0.39 is 5.41 Å². The van der Waals surface area contributed by atoms with Gasteiger partial charge in [-0.15, -0.1) is 0 Å². The normalized spacial score (nSPS) is 24.8. The zero-order valence-electron chi connectivity index (χ0n) is 21.9. The van der Waals surface area contributed by atoms with Crippen molar-refractivity contribution in [1.29, 1.82) is 0 Å². The molecule has 6 heteroatoms. The molecule has 0 saturated carbocycles. The molecule has 0 bridgehead atoms. The van der Waals surface area contributed by atoms with E-state index in [0.717, 1.165) is 63.0 Å². The van der Waals surface area contributed by atoms with E-state index in [9.17, 15) is 4.79 Å².